The number of nitrogens with zero attached hydrogens (tertiary/aromatic N) is 2. The molecule has 0 bridgehead atoms. The molecular weight excluding hydrogens is 308 g/mol. The molecule has 0 aromatic carbocycles. The lowest BCUT2D eigenvalue weighted by Gasteiger charge is -2.20. The van der Waals surface area contributed by atoms with E-state index in [9.17, 15) is 13.6 Å². The minimum Gasteiger partial charge on any atom is -0.444 e. The van der Waals surface area contributed by atoms with Gasteiger partial charge < -0.3 is 14.5 Å². The smallest absolute Gasteiger partial charge is 0.407 e. The number of pyridine rings is 1. The third-order valence-corrected chi connectivity index (χ3v) is 2.36. The fourth-order valence-electron chi connectivity index (χ4n) is 1.51. The van der Waals surface area contributed by atoms with Crippen LogP contribution in [-0.2, 0) is 10.7 Å². The molecule has 0 aliphatic carbocycles. The average Bonchev–Trinajstić information content (AvgIpc) is 2.90. The molecule has 2 aromatic rings. The van der Waals surface area contributed by atoms with Gasteiger partial charge in [0.2, 0.25) is 0 Å². The van der Waals surface area contributed by atoms with Gasteiger partial charge in [-0.25, -0.2) is 9.78 Å². The van der Waals surface area contributed by atoms with Crippen molar-refractivity contribution in [2.24, 2.45) is 0 Å². The van der Waals surface area contributed by atoms with Gasteiger partial charge in [0, 0.05) is 12.3 Å². The predicted molar refractivity (Wildman–Crippen MR) is 81.3 cm³/mol. The maximum atomic E-state index is 13.9. The molecule has 0 radical (unpaired) electrons. The van der Waals surface area contributed by atoms with Gasteiger partial charge in [-0.2, -0.15) is 8.78 Å². The fraction of sp³-hybridized carbons (Fsp3) is 0.533. The van der Waals surface area contributed by atoms with Crippen LogP contribution < -0.4 is 5.32 Å². The monoisotopic (exact) mass is 329 g/mol. The third-order valence-electron chi connectivity index (χ3n) is 2.36. The van der Waals surface area contributed by atoms with Gasteiger partial charge in [0.15, 0.2) is 5.58 Å². The van der Waals surface area contributed by atoms with Crippen LogP contribution >= 0.6 is 0 Å². The molecule has 1 N–H and O–H groups in total. The topological polar surface area (TPSA) is 77.2 Å². The molecule has 6 nitrogen and oxygen atoms in total. The van der Waals surface area contributed by atoms with Crippen molar-refractivity contribution >= 4 is 17.2 Å². The molecule has 1 amide bonds. The Bertz CT molecular complexity index is 618. The van der Waals surface area contributed by atoms with Gasteiger partial charge in [-0.15, -0.1) is 0 Å². The van der Waals surface area contributed by atoms with E-state index in [0.717, 1.165) is 0 Å². The van der Waals surface area contributed by atoms with Crippen LogP contribution in [0.3, 0.4) is 0 Å². The summed E-state index contributed by atoms with van der Waals surface area (Å²) in [4.78, 5) is 18.8. The molecule has 0 fully saturated rings. The molecule has 8 heteroatoms. The first kappa shape index (κ1) is 18.8. The summed E-state index contributed by atoms with van der Waals surface area (Å²) in [5, 5.41) is 2.00. The third kappa shape index (κ3) is 5.46. The summed E-state index contributed by atoms with van der Waals surface area (Å²) < 4.78 is 37.7. The highest BCUT2D eigenvalue weighted by Gasteiger charge is 2.38. The second kappa shape index (κ2) is 7.34. The van der Waals surface area contributed by atoms with Gasteiger partial charge >= 0.3 is 12.0 Å². The van der Waals surface area contributed by atoms with Crippen molar-refractivity contribution in [1.82, 2.24) is 15.3 Å². The first-order chi connectivity index (χ1) is 10.7. The second-order valence-corrected chi connectivity index (χ2v) is 5.42. The average molecular weight is 329 g/mol. The van der Waals surface area contributed by atoms with Crippen LogP contribution in [0.25, 0.3) is 11.1 Å². The molecule has 0 atom stereocenters. The van der Waals surface area contributed by atoms with E-state index in [1.807, 2.05) is 19.2 Å². The molecule has 128 valence electrons. The number of carbonyl (C=O) groups excluding carboxylic acids is 1. The lowest BCUT2D eigenvalue weighted by Crippen LogP contribution is -2.38. The first-order valence-corrected chi connectivity index (χ1v) is 7.23. The Kier molecular flexibility index (Phi) is 6.00. The van der Waals surface area contributed by atoms with Crippen molar-refractivity contribution < 1.29 is 22.7 Å². The summed E-state index contributed by atoms with van der Waals surface area (Å²) in [6.45, 7) is 7.94. The number of oxazole rings is 1. The number of alkyl halides is 2. The maximum absolute atomic E-state index is 13.9. The Morgan fingerprint density at radius 2 is 2.00 bits per heavy atom. The van der Waals surface area contributed by atoms with Gasteiger partial charge in [-0.3, -0.25) is 4.98 Å². The van der Waals surface area contributed by atoms with Gasteiger partial charge in [-0.05, 0) is 20.8 Å². The van der Waals surface area contributed by atoms with E-state index in [2.05, 4.69) is 9.97 Å². The minimum absolute atomic E-state index is 0.206. The van der Waals surface area contributed by atoms with Crippen LogP contribution in [0.5, 0.6) is 0 Å². The van der Waals surface area contributed by atoms with Crippen molar-refractivity contribution in [1.29, 1.82) is 0 Å². The second-order valence-electron chi connectivity index (χ2n) is 5.42. The zero-order valence-electron chi connectivity index (χ0n) is 13.8. The van der Waals surface area contributed by atoms with Gasteiger partial charge in [-0.1, -0.05) is 13.8 Å². The molecule has 2 heterocycles. The van der Waals surface area contributed by atoms with E-state index in [1.54, 1.807) is 20.8 Å². The number of hydrogen-bond donors (Lipinski definition) is 1. The number of amides is 1. The minimum atomic E-state index is -3.45. The molecule has 0 saturated heterocycles. The highest BCUT2D eigenvalue weighted by Crippen LogP contribution is 2.29. The molecule has 0 spiro atoms. The van der Waals surface area contributed by atoms with Crippen LogP contribution in [0.2, 0.25) is 0 Å². The summed E-state index contributed by atoms with van der Waals surface area (Å²) in [7, 11) is 0. The van der Waals surface area contributed by atoms with Crippen molar-refractivity contribution in [2.75, 3.05) is 6.54 Å². The molecular formula is C15H21F2N3O3. The molecule has 2 aromatic heterocycles. The number of fused-ring (bicyclic) bond motifs is 1. The van der Waals surface area contributed by atoms with E-state index < -0.39 is 30.1 Å². The number of ether oxygens (including phenoxy) is 1. The van der Waals surface area contributed by atoms with E-state index in [0.29, 0.717) is 0 Å². The normalized spacial score (nSPS) is 11.6. The number of nitrogens with one attached hydrogen (secondary N) is 1. The Labute approximate surface area is 133 Å². The standard InChI is InChI=1S/C13H15F2N3O3.C2H6/c1-12(2,3)21-11(19)17-7-13(14,15)10-18-8-6-16-5-4-9(8)20-10;1-2/h4-6H,7H2,1-3H3,(H,17,19);1-2H3. The Balaban J connectivity index is 0.00000127. The van der Waals surface area contributed by atoms with Crippen LogP contribution in [0, 0.1) is 0 Å². The highest BCUT2D eigenvalue weighted by molar-refractivity contribution is 5.71. The molecule has 0 aliphatic heterocycles. The molecule has 0 unspecified atom stereocenters. The van der Waals surface area contributed by atoms with Crippen LogP contribution in [0.4, 0.5) is 13.6 Å². The number of aromatic nitrogens is 2. The van der Waals surface area contributed by atoms with Crippen LogP contribution in [-0.4, -0.2) is 28.2 Å². The maximum Gasteiger partial charge on any atom is 0.407 e. The molecule has 23 heavy (non-hydrogen) atoms. The Hall–Kier alpha value is -2.25. The SMILES string of the molecule is CC.CC(C)(C)OC(=O)NCC(F)(F)c1nc2cnccc2o1. The van der Waals surface area contributed by atoms with Crippen molar-refractivity contribution in [3.05, 3.63) is 24.4 Å². The molecule has 2 rings (SSSR count). The van der Waals surface area contributed by atoms with Crippen molar-refractivity contribution in [2.45, 2.75) is 46.1 Å². The van der Waals surface area contributed by atoms with E-state index in [4.69, 9.17) is 9.15 Å². The Morgan fingerprint density at radius 1 is 1.35 bits per heavy atom. The van der Waals surface area contributed by atoms with Crippen LogP contribution in [0.15, 0.2) is 22.9 Å². The van der Waals surface area contributed by atoms with Crippen molar-refractivity contribution in [3.63, 3.8) is 0 Å². The van der Waals surface area contributed by atoms with Gasteiger partial charge in [0.1, 0.15) is 11.1 Å². The van der Waals surface area contributed by atoms with E-state index in [1.165, 1.54) is 18.5 Å². The highest BCUT2D eigenvalue weighted by atomic mass is 19.3. The molecule has 0 saturated carbocycles. The number of halogens is 2. The summed E-state index contributed by atoms with van der Waals surface area (Å²) in [5.74, 6) is -4.22. The summed E-state index contributed by atoms with van der Waals surface area (Å²) in [5.41, 5.74) is -0.329. The largest absolute Gasteiger partial charge is 0.444 e. The quantitative estimate of drug-likeness (QED) is 0.925. The first-order valence-electron chi connectivity index (χ1n) is 7.23. The lowest BCUT2D eigenvalue weighted by atomic mass is 10.2. The van der Waals surface area contributed by atoms with Gasteiger partial charge in [0.25, 0.3) is 5.89 Å². The summed E-state index contributed by atoms with van der Waals surface area (Å²) in [6.07, 6.45) is 1.80. The molecule has 0 aliphatic rings. The zero-order valence-corrected chi connectivity index (χ0v) is 13.8. The Morgan fingerprint density at radius 3 is 2.57 bits per heavy atom. The van der Waals surface area contributed by atoms with Gasteiger partial charge in [0.05, 0.1) is 12.7 Å². The van der Waals surface area contributed by atoms with E-state index >= 15 is 0 Å². The number of rotatable bonds is 3. The van der Waals surface area contributed by atoms with Crippen LogP contribution in [0.1, 0.15) is 40.5 Å². The predicted octanol–water partition coefficient (Wildman–Crippen LogP) is 3.87. The number of alkyl carbamates (subject to hydrolysis) is 1. The van der Waals surface area contributed by atoms with Crippen molar-refractivity contribution in [3.8, 4) is 0 Å². The fourth-order valence-corrected chi connectivity index (χ4v) is 1.51. The number of hydrogen-bond acceptors (Lipinski definition) is 5. The lowest BCUT2D eigenvalue weighted by molar-refractivity contribution is -0.0311. The number of carbonyl (C=O) groups is 1. The zero-order chi connectivity index (χ0) is 17.7. The summed E-state index contributed by atoms with van der Waals surface area (Å²) >= 11 is 0. The summed E-state index contributed by atoms with van der Waals surface area (Å²) in [6, 6.07) is 1.43. The van der Waals surface area contributed by atoms with E-state index in [-0.39, 0.29) is 11.1 Å².